The second-order valence-electron chi connectivity index (χ2n) is 6.21. The van der Waals surface area contributed by atoms with Crippen molar-refractivity contribution in [2.24, 2.45) is 5.92 Å². The van der Waals surface area contributed by atoms with Gasteiger partial charge in [0, 0.05) is 6.61 Å². The normalized spacial score (nSPS) is 25.0. The molecule has 0 spiro atoms. The van der Waals surface area contributed by atoms with Crippen molar-refractivity contribution >= 4 is 5.97 Å². The number of rotatable bonds is 6. The summed E-state index contributed by atoms with van der Waals surface area (Å²) < 4.78 is 15.9. The van der Waals surface area contributed by atoms with Crippen molar-refractivity contribution in [3.8, 4) is 11.5 Å². The van der Waals surface area contributed by atoms with E-state index < -0.39 is 23.6 Å². The molecule has 1 aliphatic heterocycles. The predicted octanol–water partition coefficient (Wildman–Crippen LogP) is 2.19. The van der Waals surface area contributed by atoms with E-state index in [1.807, 2.05) is 0 Å². The second-order valence-corrected chi connectivity index (χ2v) is 6.21. The zero-order valence-electron chi connectivity index (χ0n) is 14.7. The molecule has 1 fully saturated rings. The lowest BCUT2D eigenvalue weighted by Crippen LogP contribution is -2.37. The van der Waals surface area contributed by atoms with Crippen LogP contribution in [0.15, 0.2) is 48.5 Å². The Kier molecular flexibility index (Phi) is 5.15. The molecule has 0 amide bonds. The van der Waals surface area contributed by atoms with Crippen LogP contribution in [0, 0.1) is 5.92 Å². The summed E-state index contributed by atoms with van der Waals surface area (Å²) in [4.78, 5) is 12.4. The van der Waals surface area contributed by atoms with Crippen LogP contribution in [0.2, 0.25) is 0 Å². The van der Waals surface area contributed by atoms with Crippen molar-refractivity contribution < 1.29 is 29.2 Å². The molecule has 3 atom stereocenters. The molecule has 6 nitrogen and oxygen atoms in total. The third-order valence-electron chi connectivity index (χ3n) is 4.84. The summed E-state index contributed by atoms with van der Waals surface area (Å²) in [5, 5.41) is 21.0. The summed E-state index contributed by atoms with van der Waals surface area (Å²) in [6.07, 6.45) is -0.778. The Morgan fingerprint density at radius 3 is 2.04 bits per heavy atom. The first-order valence-electron chi connectivity index (χ1n) is 8.36. The Hall–Kier alpha value is -2.57. The predicted molar refractivity (Wildman–Crippen MR) is 93.9 cm³/mol. The maximum absolute atomic E-state index is 12.4. The molecular formula is C20H22O6. The topological polar surface area (TPSA) is 85.2 Å². The lowest BCUT2D eigenvalue weighted by atomic mass is 9.76. The van der Waals surface area contributed by atoms with Gasteiger partial charge >= 0.3 is 5.97 Å². The molecule has 0 bridgehead atoms. The van der Waals surface area contributed by atoms with Crippen molar-refractivity contribution in [2.75, 3.05) is 20.8 Å². The Labute approximate surface area is 151 Å². The molecular weight excluding hydrogens is 336 g/mol. The van der Waals surface area contributed by atoms with Gasteiger partial charge in [-0.15, -0.1) is 0 Å². The number of ether oxygens (including phenoxy) is 3. The first kappa shape index (κ1) is 18.2. The number of benzene rings is 2. The average Bonchev–Trinajstić information content (AvgIpc) is 2.94. The molecule has 1 aliphatic rings. The van der Waals surface area contributed by atoms with Crippen LogP contribution in [0.5, 0.6) is 11.5 Å². The van der Waals surface area contributed by atoms with Gasteiger partial charge in [-0.05, 0) is 41.8 Å². The van der Waals surface area contributed by atoms with E-state index >= 15 is 0 Å². The van der Waals surface area contributed by atoms with Gasteiger partial charge in [-0.1, -0.05) is 24.3 Å². The Morgan fingerprint density at radius 2 is 1.54 bits per heavy atom. The highest BCUT2D eigenvalue weighted by atomic mass is 16.6. The monoisotopic (exact) mass is 358 g/mol. The summed E-state index contributed by atoms with van der Waals surface area (Å²) in [5.74, 6) is -0.0913. The van der Waals surface area contributed by atoms with Crippen LogP contribution in [-0.4, -0.2) is 37.0 Å². The highest BCUT2D eigenvalue weighted by Crippen LogP contribution is 2.51. The van der Waals surface area contributed by atoms with Gasteiger partial charge in [0.25, 0.3) is 0 Å². The SMILES string of the molecule is COc1ccc([C@H]2OC(=O)[C@@H](CCO)[C@]2(O)c2ccc(OC)cc2)cc1. The van der Waals surface area contributed by atoms with Gasteiger partial charge in [-0.25, -0.2) is 0 Å². The largest absolute Gasteiger partial charge is 0.497 e. The molecule has 3 rings (SSSR count). The van der Waals surface area contributed by atoms with Gasteiger partial charge in [0.2, 0.25) is 0 Å². The Morgan fingerprint density at radius 1 is 1.00 bits per heavy atom. The molecule has 0 radical (unpaired) electrons. The van der Waals surface area contributed by atoms with Gasteiger partial charge in [0.05, 0.1) is 20.1 Å². The fraction of sp³-hybridized carbons (Fsp3) is 0.350. The van der Waals surface area contributed by atoms with E-state index in [0.29, 0.717) is 22.6 Å². The van der Waals surface area contributed by atoms with Crippen LogP contribution < -0.4 is 9.47 Å². The van der Waals surface area contributed by atoms with Crippen LogP contribution in [0.25, 0.3) is 0 Å². The number of aliphatic hydroxyl groups excluding tert-OH is 1. The van der Waals surface area contributed by atoms with Gasteiger partial charge in [-0.2, -0.15) is 0 Å². The summed E-state index contributed by atoms with van der Waals surface area (Å²) in [7, 11) is 3.12. The molecule has 138 valence electrons. The minimum absolute atomic E-state index is 0.105. The number of hydrogen-bond donors (Lipinski definition) is 2. The van der Waals surface area contributed by atoms with E-state index in [2.05, 4.69) is 0 Å². The van der Waals surface area contributed by atoms with E-state index in [4.69, 9.17) is 14.2 Å². The number of carbonyl (C=O) groups is 1. The van der Waals surface area contributed by atoms with E-state index in [0.717, 1.165) is 0 Å². The molecule has 2 aromatic carbocycles. The van der Waals surface area contributed by atoms with Crippen molar-refractivity contribution in [1.82, 2.24) is 0 Å². The average molecular weight is 358 g/mol. The number of esters is 1. The fourth-order valence-electron chi connectivity index (χ4n) is 3.43. The molecule has 0 aromatic heterocycles. The van der Waals surface area contributed by atoms with Crippen molar-refractivity contribution in [3.05, 3.63) is 59.7 Å². The molecule has 0 aliphatic carbocycles. The summed E-state index contributed by atoms with van der Waals surface area (Å²) in [5.41, 5.74) is -0.415. The van der Waals surface area contributed by atoms with Crippen molar-refractivity contribution in [3.63, 3.8) is 0 Å². The van der Waals surface area contributed by atoms with Gasteiger partial charge in [0.1, 0.15) is 17.1 Å². The minimum atomic E-state index is -1.60. The third-order valence-corrected chi connectivity index (χ3v) is 4.84. The highest BCUT2D eigenvalue weighted by Gasteiger charge is 2.57. The van der Waals surface area contributed by atoms with Crippen LogP contribution in [-0.2, 0) is 15.1 Å². The van der Waals surface area contributed by atoms with E-state index in [9.17, 15) is 15.0 Å². The van der Waals surface area contributed by atoms with Crippen LogP contribution in [0.4, 0.5) is 0 Å². The number of hydrogen-bond acceptors (Lipinski definition) is 6. The maximum Gasteiger partial charge on any atom is 0.313 e. The quantitative estimate of drug-likeness (QED) is 0.770. The number of aliphatic hydroxyl groups is 2. The molecule has 6 heteroatoms. The second kappa shape index (κ2) is 7.35. The van der Waals surface area contributed by atoms with Crippen LogP contribution in [0.3, 0.4) is 0 Å². The van der Waals surface area contributed by atoms with Crippen LogP contribution >= 0.6 is 0 Å². The summed E-state index contributed by atoms with van der Waals surface area (Å²) in [6.45, 7) is -0.229. The lowest BCUT2D eigenvalue weighted by Gasteiger charge is -2.32. The third kappa shape index (κ3) is 3.02. The molecule has 1 saturated heterocycles. The molecule has 1 heterocycles. The fourth-order valence-corrected chi connectivity index (χ4v) is 3.43. The van der Waals surface area contributed by atoms with Crippen LogP contribution in [0.1, 0.15) is 23.7 Å². The smallest absolute Gasteiger partial charge is 0.313 e. The Bertz CT molecular complexity index is 755. The molecule has 0 saturated carbocycles. The molecule has 26 heavy (non-hydrogen) atoms. The van der Waals surface area contributed by atoms with E-state index in [-0.39, 0.29) is 13.0 Å². The van der Waals surface area contributed by atoms with Gasteiger partial charge in [0.15, 0.2) is 6.10 Å². The first-order valence-corrected chi connectivity index (χ1v) is 8.36. The Balaban J connectivity index is 2.06. The van der Waals surface area contributed by atoms with Crippen molar-refractivity contribution in [2.45, 2.75) is 18.1 Å². The van der Waals surface area contributed by atoms with Gasteiger partial charge in [-0.3, -0.25) is 4.79 Å². The lowest BCUT2D eigenvalue weighted by molar-refractivity contribution is -0.145. The number of carbonyl (C=O) groups excluding carboxylic acids is 1. The van der Waals surface area contributed by atoms with E-state index in [1.165, 1.54) is 0 Å². The standard InChI is InChI=1S/C20H22O6/c1-24-15-7-3-13(4-8-15)18-20(23,17(11-12-21)19(22)26-18)14-5-9-16(25-2)10-6-14/h3-10,17-18,21,23H,11-12H2,1-2H3/t17-,18-,20-/m1/s1. The van der Waals surface area contributed by atoms with E-state index in [1.54, 1.807) is 62.8 Å². The zero-order valence-corrected chi connectivity index (χ0v) is 14.7. The molecule has 2 N–H and O–H groups in total. The summed E-state index contributed by atoms with van der Waals surface area (Å²) >= 11 is 0. The zero-order chi connectivity index (χ0) is 18.7. The number of methoxy groups -OCH3 is 2. The summed E-state index contributed by atoms with van der Waals surface area (Å²) in [6, 6.07) is 13.9. The maximum atomic E-state index is 12.4. The number of cyclic esters (lactones) is 1. The molecule has 2 aromatic rings. The minimum Gasteiger partial charge on any atom is -0.497 e. The van der Waals surface area contributed by atoms with Crippen molar-refractivity contribution in [1.29, 1.82) is 0 Å². The first-order chi connectivity index (χ1) is 12.5. The molecule has 0 unspecified atom stereocenters. The van der Waals surface area contributed by atoms with Gasteiger partial charge < -0.3 is 24.4 Å². The highest BCUT2D eigenvalue weighted by molar-refractivity contribution is 5.78.